The predicted octanol–water partition coefficient (Wildman–Crippen LogP) is 4.06. The molecule has 0 spiro atoms. The number of Topliss-reactive ketones (excluding diaryl/α,β-unsaturated/α-hetero) is 1. The first kappa shape index (κ1) is 55.0. The van der Waals surface area contributed by atoms with Gasteiger partial charge in [-0.1, -0.05) is 46.1 Å². The Morgan fingerprint density at radius 3 is 1.66 bits per heavy atom. The van der Waals surface area contributed by atoms with Gasteiger partial charge in [-0.3, -0.25) is 24.3 Å². The van der Waals surface area contributed by atoms with E-state index < -0.39 is 0 Å². The van der Waals surface area contributed by atoms with Crippen LogP contribution in [-0.2, 0) is 42.9 Å². The van der Waals surface area contributed by atoms with Crippen molar-refractivity contribution in [2.75, 3.05) is 112 Å². The normalized spacial score (nSPS) is 11.6. The molecule has 0 rings (SSSR count). The molecule has 0 saturated heterocycles. The van der Waals surface area contributed by atoms with Gasteiger partial charge in [0.25, 0.3) is 0 Å². The van der Waals surface area contributed by atoms with Crippen LogP contribution in [-0.4, -0.2) is 157 Å². The Balaban J connectivity index is -0.000000450. The summed E-state index contributed by atoms with van der Waals surface area (Å²) >= 11 is 2.86. The molecule has 0 heterocycles. The summed E-state index contributed by atoms with van der Waals surface area (Å²) in [7, 11) is 8.46. The number of carbonyl (C=O) groups is 5. The molecular formula is C35H72N4O9S2. The number of carbonyl (C=O) groups excluding carboxylic acids is 5. The van der Waals surface area contributed by atoms with Crippen LogP contribution in [0.2, 0.25) is 0 Å². The van der Waals surface area contributed by atoms with Crippen molar-refractivity contribution in [2.45, 2.75) is 73.1 Å². The molecule has 0 saturated carbocycles. The number of aldehydes is 1. The van der Waals surface area contributed by atoms with Gasteiger partial charge in [-0.2, -0.15) is 11.8 Å². The second-order valence-corrected chi connectivity index (χ2v) is 13.5. The quantitative estimate of drug-likeness (QED) is 0.0443. The Morgan fingerprint density at radius 2 is 1.26 bits per heavy atom. The highest BCUT2D eigenvalue weighted by atomic mass is 32.2. The Hall–Kier alpha value is -1.75. The fourth-order valence-corrected chi connectivity index (χ4v) is 4.76. The van der Waals surface area contributed by atoms with Crippen molar-refractivity contribution in [3.8, 4) is 0 Å². The molecule has 0 fully saturated rings. The molecule has 15 heteroatoms. The Morgan fingerprint density at radius 1 is 0.760 bits per heavy atom. The second kappa shape index (κ2) is 41.7. The topological polar surface area (TPSA) is 158 Å². The predicted molar refractivity (Wildman–Crippen MR) is 207 cm³/mol. The summed E-state index contributed by atoms with van der Waals surface area (Å²) in [6.07, 6.45) is 7.17. The largest absolute Gasteiger partial charge is 0.469 e. The van der Waals surface area contributed by atoms with Gasteiger partial charge in [0.05, 0.1) is 39.6 Å². The number of nitrogens with zero attached hydrogens (tertiary/aromatic N) is 3. The lowest BCUT2D eigenvalue weighted by atomic mass is 10.2. The number of ether oxygens (including phenoxy) is 4. The van der Waals surface area contributed by atoms with E-state index in [1.807, 2.05) is 20.1 Å². The van der Waals surface area contributed by atoms with Crippen LogP contribution in [0.1, 0.15) is 73.1 Å². The maximum atomic E-state index is 11.9. The van der Waals surface area contributed by atoms with E-state index in [4.69, 9.17) is 19.3 Å². The molecule has 0 aliphatic rings. The molecule has 0 aromatic carbocycles. The summed E-state index contributed by atoms with van der Waals surface area (Å²) in [6.45, 7) is 15.6. The third-order valence-electron chi connectivity index (χ3n) is 6.46. The van der Waals surface area contributed by atoms with Crippen LogP contribution < -0.4 is 5.14 Å². The summed E-state index contributed by atoms with van der Waals surface area (Å²) in [6, 6.07) is 0. The van der Waals surface area contributed by atoms with Gasteiger partial charge in [-0.15, -0.1) is 0 Å². The first-order chi connectivity index (χ1) is 23.7. The monoisotopic (exact) mass is 756 g/mol. The average Bonchev–Trinajstić information content (AvgIpc) is 3.08. The van der Waals surface area contributed by atoms with Gasteiger partial charge in [-0.25, -0.2) is 0 Å². The van der Waals surface area contributed by atoms with Crippen LogP contribution in [0.15, 0.2) is 0 Å². The zero-order valence-electron chi connectivity index (χ0n) is 33.2. The first-order valence-corrected chi connectivity index (χ1v) is 19.8. The number of methoxy groups -OCH3 is 3. The van der Waals surface area contributed by atoms with Gasteiger partial charge >= 0.3 is 17.9 Å². The van der Waals surface area contributed by atoms with Crippen LogP contribution in [0.25, 0.3) is 0 Å². The number of ketones is 1. The summed E-state index contributed by atoms with van der Waals surface area (Å²) in [5.41, 5.74) is 0. The van der Waals surface area contributed by atoms with Gasteiger partial charge in [0.1, 0.15) is 18.7 Å². The van der Waals surface area contributed by atoms with Crippen molar-refractivity contribution in [2.24, 2.45) is 17.0 Å². The van der Waals surface area contributed by atoms with Crippen molar-refractivity contribution >= 4 is 53.7 Å². The molecule has 50 heavy (non-hydrogen) atoms. The van der Waals surface area contributed by atoms with Crippen LogP contribution in [0.3, 0.4) is 0 Å². The third-order valence-corrected chi connectivity index (χ3v) is 8.01. The maximum Gasteiger partial charge on any atom is 0.309 e. The molecule has 13 nitrogen and oxygen atoms in total. The fraction of sp³-hybridized carbons (Fsp3) is 0.857. The summed E-state index contributed by atoms with van der Waals surface area (Å²) < 4.78 is 19.2. The van der Waals surface area contributed by atoms with Crippen LogP contribution in [0.5, 0.6) is 0 Å². The average molecular weight is 757 g/mol. The van der Waals surface area contributed by atoms with Crippen LogP contribution >= 0.6 is 23.7 Å². The zero-order chi connectivity index (χ0) is 39.2. The molecule has 2 N–H and O–H groups in total. The number of hydrogen-bond donors (Lipinski definition) is 1. The molecular weight excluding hydrogens is 685 g/mol. The minimum absolute atomic E-state index is 0.0324. The minimum Gasteiger partial charge on any atom is -0.469 e. The summed E-state index contributed by atoms with van der Waals surface area (Å²) in [5.74, 6) is 1.25. The van der Waals surface area contributed by atoms with Crippen molar-refractivity contribution in [1.82, 2.24) is 14.7 Å². The highest BCUT2D eigenvalue weighted by molar-refractivity contribution is 7.98. The van der Waals surface area contributed by atoms with Gasteiger partial charge in [-0.05, 0) is 66.3 Å². The molecule has 0 radical (unpaired) electrons. The van der Waals surface area contributed by atoms with Crippen LogP contribution in [0, 0.1) is 11.8 Å². The molecule has 0 bridgehead atoms. The molecule has 0 amide bonds. The van der Waals surface area contributed by atoms with Gasteiger partial charge in [0.2, 0.25) is 0 Å². The van der Waals surface area contributed by atoms with Crippen LogP contribution in [0.4, 0.5) is 0 Å². The van der Waals surface area contributed by atoms with Gasteiger partial charge < -0.3 is 38.4 Å². The number of rotatable bonds is 26. The molecule has 298 valence electrons. The van der Waals surface area contributed by atoms with E-state index in [-0.39, 0.29) is 55.0 Å². The Bertz CT molecular complexity index is 827. The number of esters is 3. The van der Waals surface area contributed by atoms with E-state index in [1.165, 1.54) is 32.6 Å². The number of hydrogen-bond acceptors (Lipinski definition) is 15. The molecule has 0 aromatic heterocycles. The van der Waals surface area contributed by atoms with E-state index in [9.17, 15) is 24.0 Å². The summed E-state index contributed by atoms with van der Waals surface area (Å²) in [5, 5.41) is 5.06. The lowest BCUT2D eigenvalue weighted by molar-refractivity contribution is -0.145. The lowest BCUT2D eigenvalue weighted by Gasteiger charge is -2.26. The fourth-order valence-electron chi connectivity index (χ4n) is 3.74. The van der Waals surface area contributed by atoms with Gasteiger partial charge in [0, 0.05) is 50.6 Å². The highest BCUT2D eigenvalue weighted by Crippen LogP contribution is 2.05. The van der Waals surface area contributed by atoms with Crippen molar-refractivity contribution in [3.05, 3.63) is 0 Å². The Labute approximate surface area is 312 Å². The van der Waals surface area contributed by atoms with Gasteiger partial charge in [0.15, 0.2) is 0 Å². The summed E-state index contributed by atoms with van der Waals surface area (Å²) in [4.78, 5) is 61.9. The van der Waals surface area contributed by atoms with E-state index in [0.29, 0.717) is 26.1 Å². The first-order valence-electron chi connectivity index (χ1n) is 17.4. The number of thioether (sulfide) groups is 1. The highest BCUT2D eigenvalue weighted by Gasteiger charge is 2.14. The van der Waals surface area contributed by atoms with E-state index >= 15 is 0 Å². The smallest absolute Gasteiger partial charge is 0.309 e. The minimum atomic E-state index is -0.271. The van der Waals surface area contributed by atoms with E-state index in [1.54, 1.807) is 25.8 Å². The molecule has 2 atom stereocenters. The van der Waals surface area contributed by atoms with E-state index in [0.717, 1.165) is 63.4 Å². The SMILES string of the molecule is CC(C=O)CSN.CCC.COC(=O)C(C)CSC.COCCOC(=O)CCN(CCCN(CCCN(C)C)CCC(C)=O)CCC(=O)OC. The maximum absolute atomic E-state index is 11.9. The molecule has 0 aliphatic carbocycles. The second-order valence-electron chi connectivity index (χ2n) is 12.0. The molecule has 2 unspecified atom stereocenters. The standard InChI is InChI=1S/C22H43N3O6.C6H12O2S.C4H9NOS.C3H8/c1-20(26)8-15-24(12-6-11-23(2)3)13-7-14-25(16-9-21(27)30-5)17-10-22(28)31-19-18-29-4;1-5(4-9-3)6(7)8-2;1-4(2-6)3-7-5;1-3-2/h6-19H2,1-5H3;5H,4H2,1-3H3;2,4H,3,5H2,1H3;3H2,1-2H3. The number of nitrogens with two attached hydrogens (primary N) is 1. The van der Waals surface area contributed by atoms with Crippen molar-refractivity contribution in [3.63, 3.8) is 0 Å². The Kier molecular flexibility index (Phi) is 45.8. The lowest BCUT2D eigenvalue weighted by Crippen LogP contribution is -2.35. The van der Waals surface area contributed by atoms with Crippen molar-refractivity contribution in [1.29, 1.82) is 0 Å². The molecule has 0 aliphatic heterocycles. The van der Waals surface area contributed by atoms with E-state index in [2.05, 4.69) is 47.4 Å². The zero-order valence-corrected chi connectivity index (χ0v) is 34.8. The molecule has 0 aromatic rings. The van der Waals surface area contributed by atoms with Crippen molar-refractivity contribution < 1.29 is 42.9 Å². The third kappa shape index (κ3) is 44.3.